The first-order valence-corrected chi connectivity index (χ1v) is 9.71. The van der Waals surface area contributed by atoms with Crippen molar-refractivity contribution in [1.82, 2.24) is 0 Å². The first kappa shape index (κ1) is 16.8. The smallest absolute Gasteiger partial charge is 0.158 e. The molecule has 128 valence electrons. The molecule has 3 fully saturated rings. The van der Waals surface area contributed by atoms with E-state index in [4.69, 9.17) is 9.47 Å². The Balaban J connectivity index is 1.50. The largest absolute Gasteiger partial charge is 0.350 e. The van der Waals surface area contributed by atoms with Gasteiger partial charge in [0.15, 0.2) is 6.29 Å². The molecule has 1 saturated heterocycles. The van der Waals surface area contributed by atoms with Crippen molar-refractivity contribution in [3.8, 4) is 0 Å². The van der Waals surface area contributed by atoms with E-state index in [-0.39, 0.29) is 6.29 Å². The fourth-order valence-corrected chi connectivity index (χ4v) is 5.76. The van der Waals surface area contributed by atoms with Crippen LogP contribution in [0.3, 0.4) is 0 Å². The molecule has 0 amide bonds. The van der Waals surface area contributed by atoms with Gasteiger partial charge in [0.05, 0.1) is 12.2 Å². The Morgan fingerprint density at radius 2 is 1.95 bits per heavy atom. The molecule has 22 heavy (non-hydrogen) atoms. The molecule has 0 N–H and O–H groups in total. The molecule has 2 aliphatic carbocycles. The first-order chi connectivity index (χ1) is 10.4. The highest BCUT2D eigenvalue weighted by molar-refractivity contribution is 5.16. The predicted molar refractivity (Wildman–Crippen MR) is 90.7 cm³/mol. The summed E-state index contributed by atoms with van der Waals surface area (Å²) in [5.74, 6) is 1.59. The zero-order chi connectivity index (χ0) is 16.0. The molecule has 3 aliphatic rings. The fourth-order valence-electron chi connectivity index (χ4n) is 5.76. The summed E-state index contributed by atoms with van der Waals surface area (Å²) in [6.07, 6.45) is 11.2. The molecule has 0 aromatic heterocycles. The van der Waals surface area contributed by atoms with E-state index in [1.54, 1.807) is 0 Å². The van der Waals surface area contributed by atoms with E-state index in [0.717, 1.165) is 18.3 Å². The van der Waals surface area contributed by atoms with Crippen molar-refractivity contribution in [3.05, 3.63) is 0 Å². The molecule has 0 aromatic rings. The summed E-state index contributed by atoms with van der Waals surface area (Å²) >= 11 is 0. The minimum absolute atomic E-state index is 0.0622. The van der Waals surface area contributed by atoms with E-state index in [2.05, 4.69) is 34.6 Å². The van der Waals surface area contributed by atoms with Crippen molar-refractivity contribution in [2.24, 2.45) is 22.7 Å². The maximum absolute atomic E-state index is 6.43. The maximum atomic E-state index is 6.43. The number of unbranched alkanes of at least 4 members (excludes halogenated alkanes) is 3. The molecular weight excluding hydrogens is 272 g/mol. The van der Waals surface area contributed by atoms with Crippen LogP contribution in [0.4, 0.5) is 0 Å². The van der Waals surface area contributed by atoms with Gasteiger partial charge in [0.2, 0.25) is 0 Å². The standard InChI is InChI=1S/C20H36O2/c1-6-7-8-9-10-14(2)21-17-13-15-16-11-12-20(5,18(15)22-17)19(16,3)4/h14-18H,6-13H2,1-5H3/t14-,15-,16+,17-,18-,20-/m0/s1. The molecule has 0 spiro atoms. The lowest BCUT2D eigenvalue weighted by Crippen LogP contribution is -2.38. The van der Waals surface area contributed by atoms with Gasteiger partial charge in [-0.05, 0) is 48.9 Å². The van der Waals surface area contributed by atoms with Gasteiger partial charge in [0.1, 0.15) is 0 Å². The Bertz CT molecular complexity index is 391. The minimum atomic E-state index is 0.0622. The Morgan fingerprint density at radius 3 is 2.64 bits per heavy atom. The van der Waals surface area contributed by atoms with Crippen molar-refractivity contribution in [1.29, 1.82) is 0 Å². The van der Waals surface area contributed by atoms with Gasteiger partial charge in [-0.2, -0.15) is 0 Å². The van der Waals surface area contributed by atoms with Crippen molar-refractivity contribution < 1.29 is 9.47 Å². The van der Waals surface area contributed by atoms with E-state index >= 15 is 0 Å². The van der Waals surface area contributed by atoms with Gasteiger partial charge < -0.3 is 9.47 Å². The van der Waals surface area contributed by atoms with Crippen LogP contribution in [0, 0.1) is 22.7 Å². The van der Waals surface area contributed by atoms with Gasteiger partial charge in [-0.3, -0.25) is 0 Å². The Kier molecular flexibility index (Phi) is 4.64. The van der Waals surface area contributed by atoms with Crippen LogP contribution in [0.1, 0.15) is 86.0 Å². The van der Waals surface area contributed by atoms with Gasteiger partial charge in [-0.1, -0.05) is 53.4 Å². The number of hydrogen-bond donors (Lipinski definition) is 0. The van der Waals surface area contributed by atoms with Gasteiger partial charge in [0.25, 0.3) is 0 Å². The summed E-state index contributed by atoms with van der Waals surface area (Å²) in [7, 11) is 0. The fraction of sp³-hybridized carbons (Fsp3) is 1.00. The second-order valence-corrected chi connectivity index (χ2v) is 8.97. The van der Waals surface area contributed by atoms with Gasteiger partial charge in [-0.25, -0.2) is 0 Å². The van der Waals surface area contributed by atoms with Crippen LogP contribution < -0.4 is 0 Å². The molecule has 0 unspecified atom stereocenters. The average Bonchev–Trinajstić information content (AvgIpc) is 3.01. The van der Waals surface area contributed by atoms with Crippen molar-refractivity contribution in [2.45, 2.75) is 104 Å². The number of ether oxygens (including phenoxy) is 2. The van der Waals surface area contributed by atoms with Gasteiger partial charge in [0, 0.05) is 6.42 Å². The molecule has 0 aromatic carbocycles. The molecule has 3 rings (SSSR count). The third-order valence-electron chi connectivity index (χ3n) is 7.52. The van der Waals surface area contributed by atoms with E-state index in [1.165, 1.54) is 44.9 Å². The lowest BCUT2D eigenvalue weighted by molar-refractivity contribution is -0.183. The summed E-state index contributed by atoms with van der Waals surface area (Å²) in [6, 6.07) is 0. The van der Waals surface area contributed by atoms with Gasteiger partial charge in [-0.15, -0.1) is 0 Å². The van der Waals surface area contributed by atoms with Crippen LogP contribution in [-0.4, -0.2) is 18.5 Å². The molecular formula is C20H36O2. The van der Waals surface area contributed by atoms with Crippen molar-refractivity contribution in [2.75, 3.05) is 0 Å². The summed E-state index contributed by atoms with van der Waals surface area (Å²) in [5.41, 5.74) is 0.809. The molecule has 0 radical (unpaired) electrons. The second-order valence-electron chi connectivity index (χ2n) is 8.97. The lowest BCUT2D eigenvalue weighted by Gasteiger charge is -2.38. The summed E-state index contributed by atoms with van der Waals surface area (Å²) in [6.45, 7) is 11.9. The van der Waals surface area contributed by atoms with E-state index < -0.39 is 0 Å². The Labute approximate surface area is 137 Å². The zero-order valence-corrected chi connectivity index (χ0v) is 15.4. The van der Waals surface area contributed by atoms with Crippen LogP contribution >= 0.6 is 0 Å². The molecule has 1 heterocycles. The number of hydrogen-bond acceptors (Lipinski definition) is 2. The van der Waals surface area contributed by atoms with E-state index in [0.29, 0.717) is 23.0 Å². The first-order valence-electron chi connectivity index (χ1n) is 9.71. The normalized spacial score (nSPS) is 43.5. The summed E-state index contributed by atoms with van der Waals surface area (Å²) in [4.78, 5) is 0. The Morgan fingerprint density at radius 1 is 1.18 bits per heavy atom. The third-order valence-corrected chi connectivity index (χ3v) is 7.52. The average molecular weight is 309 g/mol. The molecule has 2 heteroatoms. The van der Waals surface area contributed by atoms with Crippen LogP contribution in [-0.2, 0) is 9.47 Å². The van der Waals surface area contributed by atoms with Crippen LogP contribution in [0.15, 0.2) is 0 Å². The molecule has 2 saturated carbocycles. The zero-order valence-electron chi connectivity index (χ0n) is 15.4. The number of rotatable bonds is 7. The van der Waals surface area contributed by atoms with E-state index in [1.807, 2.05) is 0 Å². The quantitative estimate of drug-likeness (QED) is 0.574. The highest BCUT2D eigenvalue weighted by Gasteiger charge is 2.69. The highest BCUT2D eigenvalue weighted by atomic mass is 16.7. The van der Waals surface area contributed by atoms with Crippen LogP contribution in [0.2, 0.25) is 0 Å². The monoisotopic (exact) mass is 308 g/mol. The minimum Gasteiger partial charge on any atom is -0.350 e. The van der Waals surface area contributed by atoms with Gasteiger partial charge >= 0.3 is 0 Å². The molecule has 2 nitrogen and oxygen atoms in total. The Hall–Kier alpha value is -0.0800. The molecule has 1 aliphatic heterocycles. The van der Waals surface area contributed by atoms with Crippen molar-refractivity contribution in [3.63, 3.8) is 0 Å². The van der Waals surface area contributed by atoms with Crippen LogP contribution in [0.5, 0.6) is 0 Å². The SMILES string of the molecule is CCCCCC[C@H](C)O[C@@H]1C[C@H]2[C@H]3CC[C@@](C)([C@H]2O1)C3(C)C. The lowest BCUT2D eigenvalue weighted by atomic mass is 9.70. The number of fused-ring (bicyclic) bond motifs is 5. The highest BCUT2D eigenvalue weighted by Crippen LogP contribution is 2.71. The molecule has 6 atom stereocenters. The predicted octanol–water partition coefficient (Wildman–Crippen LogP) is 5.55. The summed E-state index contributed by atoms with van der Waals surface area (Å²) in [5, 5.41) is 0. The van der Waals surface area contributed by atoms with Crippen molar-refractivity contribution >= 4 is 0 Å². The third kappa shape index (κ3) is 2.55. The summed E-state index contributed by atoms with van der Waals surface area (Å²) < 4.78 is 12.7. The van der Waals surface area contributed by atoms with Crippen LogP contribution in [0.25, 0.3) is 0 Å². The van der Waals surface area contributed by atoms with E-state index in [9.17, 15) is 0 Å². The second kappa shape index (κ2) is 6.09. The molecule has 2 bridgehead atoms. The topological polar surface area (TPSA) is 18.5 Å². The maximum Gasteiger partial charge on any atom is 0.158 e.